The van der Waals surface area contributed by atoms with Crippen LogP contribution < -0.4 is 133 Å². The predicted molar refractivity (Wildman–Crippen MR) is 549 cm³/mol. The zero-order valence-corrected chi connectivity index (χ0v) is 86.9. The Labute approximate surface area is 860 Å². The third kappa shape index (κ3) is 30.9. The van der Waals surface area contributed by atoms with Gasteiger partial charge >= 0.3 is 66.2 Å². The molecule has 0 unspecified atom stereocenters. The molecule has 0 radical (unpaired) electrons. The Morgan fingerprint density at radius 1 is 0.331 bits per heavy atom. The van der Waals surface area contributed by atoms with E-state index in [1.165, 1.54) is 76.3 Å². The summed E-state index contributed by atoms with van der Waals surface area (Å²) in [5, 5.41) is 28.7. The van der Waals surface area contributed by atoms with Crippen LogP contribution in [0.25, 0.3) is 33.1 Å². The van der Waals surface area contributed by atoms with Crippen molar-refractivity contribution in [2.45, 2.75) is 66.6 Å². The van der Waals surface area contributed by atoms with E-state index in [-0.39, 0.29) is 110 Å². The summed E-state index contributed by atoms with van der Waals surface area (Å²) in [6, 6.07) is 147. The Hall–Kier alpha value is -9.27. The van der Waals surface area contributed by atoms with E-state index < -0.39 is 38.8 Å². The number of hydrogen-bond acceptors (Lipinski definition) is 9. The number of halogens is 5. The van der Waals surface area contributed by atoms with Gasteiger partial charge in [-0.15, -0.1) is 0 Å². The van der Waals surface area contributed by atoms with Crippen molar-refractivity contribution in [2.24, 2.45) is 0 Å². The van der Waals surface area contributed by atoms with E-state index in [1.807, 2.05) is 33.8 Å². The summed E-state index contributed by atoms with van der Waals surface area (Å²) in [6.07, 6.45) is 2.92. The second-order valence-electron chi connectivity index (χ2n) is 30.8. The second-order valence-corrected chi connectivity index (χ2v) is 40.9. The monoisotopic (exact) mass is 2000 g/mol. The van der Waals surface area contributed by atoms with Crippen LogP contribution in [0.3, 0.4) is 0 Å². The minimum Gasteiger partial charge on any atom is -1.00 e. The number of hydrogen-bond donors (Lipinski definition) is 0. The van der Waals surface area contributed by atoms with E-state index in [2.05, 4.69) is 389 Å². The molecular weight excluding hydrogens is 1900 g/mol. The first-order chi connectivity index (χ1) is 63.2. The summed E-state index contributed by atoms with van der Waals surface area (Å²) in [5.41, 5.74) is 5.84. The van der Waals surface area contributed by atoms with Crippen LogP contribution in [0.1, 0.15) is 51.4 Å². The van der Waals surface area contributed by atoms with Crippen LogP contribution in [0.15, 0.2) is 437 Å². The first-order valence-electron chi connectivity index (χ1n) is 42.1. The molecule has 0 aliphatic carbocycles. The maximum Gasteiger partial charge on any atom is 1.00 e. The molecule has 1 aliphatic heterocycles. The maximum absolute atomic E-state index is 13.7. The first kappa shape index (κ1) is 107. The van der Waals surface area contributed by atoms with E-state index >= 15 is 0 Å². The number of rotatable bonds is 15. The molecule has 1 saturated heterocycles. The number of benzene rings is 16. The molecule has 133 heavy (non-hydrogen) atoms. The summed E-state index contributed by atoms with van der Waals surface area (Å²) in [4.78, 5) is 27.7. The Morgan fingerprint density at radius 3 is 0.774 bits per heavy atom. The first-order valence-corrected chi connectivity index (χ1v) is 48.6. The van der Waals surface area contributed by atoms with Crippen LogP contribution in [0.5, 0.6) is 0 Å². The van der Waals surface area contributed by atoms with Gasteiger partial charge in [0.25, 0.3) is 6.47 Å². The Balaban J connectivity index is 0.000000191. The van der Waals surface area contributed by atoms with Gasteiger partial charge in [-0.05, 0) is 227 Å². The average molecular weight is 2000 g/mol. The molecule has 22 heteroatoms. The molecule has 9 nitrogen and oxygen atoms in total. The molecule has 1 aliphatic rings. The molecular formula is C111H98BCl3F2N4Na2O5P4Pd. The normalized spacial score (nSPS) is 11.7. The van der Waals surface area contributed by atoms with Gasteiger partial charge in [0.15, 0.2) is 0 Å². The van der Waals surface area contributed by atoms with Gasteiger partial charge in [-0.1, -0.05) is 411 Å². The Kier molecular flexibility index (Phi) is 44.5. The van der Waals surface area contributed by atoms with E-state index in [0.717, 1.165) is 38.5 Å². The van der Waals surface area contributed by atoms with Crippen molar-refractivity contribution >= 4 is 171 Å². The molecule has 3 heterocycles. The van der Waals surface area contributed by atoms with Crippen molar-refractivity contribution in [3.05, 3.63) is 486 Å². The molecule has 0 saturated carbocycles. The molecule has 662 valence electrons. The zero-order chi connectivity index (χ0) is 91.6. The SMILES string of the molecule is Cc1cc(-c2ncnc3cc(Cl)ccc23)cc(C)c1F.Cc1cc(B2OC(C)(C)C(C)(C)O2)cc(C)c1F.Clc1ccc2c(Cl)ncnc2c1.O=CO[O-].[H-].[Na+].[Na+].[Pd].c1ccc(P(c2ccccc2)c2ccccc2)cc1.c1ccc(P(c2ccccc2)c2ccccc2)cc1.c1ccc(P(c2ccccc2)c2ccccc2)cc1.c1ccc(P(c2ccccc2)c2ccccc2)cc1. The number of aryl methyl sites for hydroxylation is 4. The Morgan fingerprint density at radius 2 is 0.541 bits per heavy atom. The van der Waals surface area contributed by atoms with Gasteiger partial charge in [0.05, 0.1) is 27.9 Å². The Bertz CT molecular complexity index is 5630. The topological polar surface area (TPSA) is 119 Å². The van der Waals surface area contributed by atoms with Gasteiger partial charge < -0.3 is 20.9 Å². The standard InChI is InChI=1S/4C18H15P.C16H12ClFN2.C14H20BFO2.C8H4Cl2N2.CH2O3.2Na.Pd.H/c4*1-4-10-16(11-5-1)19(17-12-6-2-7-13-17)18-14-8-3-9-15-18;1-9-5-11(6-10(2)15(9)18)16-13-4-3-12(17)7-14(13)19-8-20-16;1-9-7-11(8-10(2)12(9)16)15-17-13(3,4)14(5,6)18-15;9-5-1-2-6-7(3-5)11-4-12-8(6)10;2-1-4-3;;;;/h4*1-15H;3-8H,1-2H3;7-8H,1-6H3;1-4H;1,3H;;;;/q;;;;;;;;2*+1;;-1/p-1. The van der Waals surface area contributed by atoms with Crippen molar-refractivity contribution < 1.29 is 114 Å². The summed E-state index contributed by atoms with van der Waals surface area (Å²) in [5.74, 6) is -0.328. The molecule has 0 amide bonds. The summed E-state index contributed by atoms with van der Waals surface area (Å²) in [6.45, 7) is 14.9. The molecule has 18 aromatic rings. The van der Waals surface area contributed by atoms with Crippen LogP contribution in [0.4, 0.5) is 8.78 Å². The minimum atomic E-state index is -0.446. The van der Waals surface area contributed by atoms with E-state index in [1.54, 1.807) is 82.3 Å². The average Bonchev–Trinajstić information content (AvgIpc) is 1.61. The quantitative estimate of drug-likeness (QED) is 0.0247. The smallest absolute Gasteiger partial charge is 1.00 e. The van der Waals surface area contributed by atoms with E-state index in [9.17, 15) is 8.78 Å². The van der Waals surface area contributed by atoms with Gasteiger partial charge in [0.2, 0.25) is 0 Å². The fourth-order valence-electron chi connectivity index (χ4n) is 14.1. The van der Waals surface area contributed by atoms with Gasteiger partial charge in [0, 0.05) is 46.8 Å². The van der Waals surface area contributed by atoms with Crippen LogP contribution in [0.2, 0.25) is 15.2 Å². The third-order valence-corrected chi connectivity index (χ3v) is 31.6. The third-order valence-electron chi connectivity index (χ3n) is 21.1. The summed E-state index contributed by atoms with van der Waals surface area (Å²) in [7, 11) is -2.21. The predicted octanol–water partition coefficient (Wildman–Crippen LogP) is 16.7. The van der Waals surface area contributed by atoms with E-state index in [4.69, 9.17) is 54.2 Å². The van der Waals surface area contributed by atoms with Gasteiger partial charge in [-0.2, -0.15) is 0 Å². The van der Waals surface area contributed by atoms with Crippen molar-refractivity contribution in [3.8, 4) is 11.3 Å². The van der Waals surface area contributed by atoms with Gasteiger partial charge in [0.1, 0.15) is 29.4 Å². The number of aromatic nitrogens is 4. The van der Waals surface area contributed by atoms with Crippen molar-refractivity contribution in [1.82, 2.24) is 19.9 Å². The van der Waals surface area contributed by atoms with Crippen LogP contribution >= 0.6 is 66.5 Å². The number of carbonyl (C=O) groups excluding carboxylic acids is 1. The number of carbonyl (C=O) groups is 1. The summed E-state index contributed by atoms with van der Waals surface area (Å²) < 4.78 is 39.3. The minimum absolute atomic E-state index is 0. The number of fused-ring (bicyclic) bond motifs is 2. The molecule has 16 aromatic carbocycles. The molecule has 0 bridgehead atoms. The van der Waals surface area contributed by atoms with Crippen molar-refractivity contribution in [2.75, 3.05) is 0 Å². The molecule has 0 atom stereocenters. The fraction of sp³-hybridized carbons (Fsp3) is 0.0901. The van der Waals surface area contributed by atoms with Gasteiger partial charge in [-0.25, -0.2) is 28.7 Å². The molecule has 2 aromatic heterocycles. The van der Waals surface area contributed by atoms with Crippen LogP contribution in [0, 0.1) is 39.3 Å². The van der Waals surface area contributed by atoms with Crippen LogP contribution in [-0.4, -0.2) is 44.7 Å². The largest absolute Gasteiger partial charge is 1.00 e. The molecule has 19 rings (SSSR count). The maximum atomic E-state index is 13.7. The summed E-state index contributed by atoms with van der Waals surface area (Å²) >= 11 is 17.6. The fourth-order valence-corrected chi connectivity index (χ4v) is 23.9. The van der Waals surface area contributed by atoms with Crippen LogP contribution in [-0.2, 0) is 39.4 Å². The molecule has 1 fully saturated rings. The van der Waals surface area contributed by atoms with Gasteiger partial charge in [-0.3, -0.25) is 4.79 Å². The number of nitrogens with zero attached hydrogens (tertiary/aromatic N) is 4. The molecule has 0 N–H and O–H groups in total. The zero-order valence-electron chi connectivity index (χ0n) is 76.5. The van der Waals surface area contributed by atoms with Crippen molar-refractivity contribution in [3.63, 3.8) is 0 Å². The second kappa shape index (κ2) is 55.1. The van der Waals surface area contributed by atoms with E-state index in [0.29, 0.717) is 37.5 Å². The van der Waals surface area contributed by atoms with Crippen molar-refractivity contribution in [1.29, 1.82) is 0 Å². The molecule has 0 spiro atoms.